The Morgan fingerprint density at radius 2 is 1.35 bits per heavy atom. The number of unbranched alkanes of at least 4 members (excludes halogenated alkanes) is 2. The fraction of sp³-hybridized carbons (Fsp3) is 0.217. The summed E-state index contributed by atoms with van der Waals surface area (Å²) < 4.78 is 42.5. The van der Waals surface area contributed by atoms with Gasteiger partial charge in [0.1, 0.15) is 17.5 Å². The molecule has 0 aliphatic rings. The molecule has 0 aliphatic heterocycles. The quantitative estimate of drug-likeness (QED) is 0.412. The van der Waals surface area contributed by atoms with Gasteiger partial charge in [-0.15, -0.1) is 0 Å². The lowest BCUT2D eigenvalue weighted by molar-refractivity contribution is 0.605. The van der Waals surface area contributed by atoms with Crippen molar-refractivity contribution in [3.8, 4) is 22.3 Å². The highest BCUT2D eigenvalue weighted by molar-refractivity contribution is 5.71. The zero-order valence-electron chi connectivity index (χ0n) is 14.7. The standard InChI is InChI=1S/C23H21F3/c1-2-3-4-6-16-9-11-17(12-10-16)20-14-23(26)21(15-22(20)25)18-7-5-8-19(24)13-18/h5,7-15H,2-4,6H2,1H3. The van der Waals surface area contributed by atoms with Crippen LogP contribution in [-0.2, 0) is 6.42 Å². The van der Waals surface area contributed by atoms with Gasteiger partial charge >= 0.3 is 0 Å². The predicted molar refractivity (Wildman–Crippen MR) is 100 cm³/mol. The molecule has 0 unspecified atom stereocenters. The Bertz CT molecular complexity index is 882. The maximum absolute atomic E-state index is 14.6. The molecule has 0 atom stereocenters. The summed E-state index contributed by atoms with van der Waals surface area (Å²) in [5, 5.41) is 0. The molecule has 134 valence electrons. The molecule has 3 heteroatoms. The highest BCUT2D eigenvalue weighted by Crippen LogP contribution is 2.31. The molecule has 0 saturated heterocycles. The van der Waals surface area contributed by atoms with Crippen molar-refractivity contribution < 1.29 is 13.2 Å². The van der Waals surface area contributed by atoms with E-state index in [0.29, 0.717) is 11.1 Å². The van der Waals surface area contributed by atoms with Crippen LogP contribution in [0.15, 0.2) is 60.7 Å². The van der Waals surface area contributed by atoms with Gasteiger partial charge in [0.25, 0.3) is 0 Å². The molecule has 0 amide bonds. The second-order valence-corrected chi connectivity index (χ2v) is 6.48. The molecular weight excluding hydrogens is 333 g/mol. The Balaban J connectivity index is 1.88. The lowest BCUT2D eigenvalue weighted by atomic mass is 9.97. The minimum atomic E-state index is -0.570. The first-order valence-corrected chi connectivity index (χ1v) is 8.93. The van der Waals surface area contributed by atoms with Crippen LogP contribution in [-0.4, -0.2) is 0 Å². The van der Waals surface area contributed by atoms with Crippen LogP contribution in [0, 0.1) is 17.5 Å². The van der Waals surface area contributed by atoms with Crippen LogP contribution in [0.1, 0.15) is 31.7 Å². The number of halogens is 3. The Kier molecular flexibility index (Phi) is 5.77. The molecule has 0 spiro atoms. The smallest absolute Gasteiger partial charge is 0.131 e. The molecule has 0 radical (unpaired) electrons. The molecule has 0 aromatic heterocycles. The van der Waals surface area contributed by atoms with Crippen molar-refractivity contribution in [2.75, 3.05) is 0 Å². The average Bonchev–Trinajstić information content (AvgIpc) is 2.64. The Hall–Kier alpha value is -2.55. The number of rotatable bonds is 6. The van der Waals surface area contributed by atoms with Gasteiger partial charge < -0.3 is 0 Å². The summed E-state index contributed by atoms with van der Waals surface area (Å²) in [5.74, 6) is -1.58. The van der Waals surface area contributed by atoms with Gasteiger partial charge in [0.15, 0.2) is 0 Å². The van der Waals surface area contributed by atoms with Crippen LogP contribution < -0.4 is 0 Å². The van der Waals surface area contributed by atoms with Crippen molar-refractivity contribution >= 4 is 0 Å². The van der Waals surface area contributed by atoms with Crippen molar-refractivity contribution in [2.45, 2.75) is 32.6 Å². The normalized spacial score (nSPS) is 10.9. The van der Waals surface area contributed by atoms with Crippen molar-refractivity contribution in [1.29, 1.82) is 0 Å². The molecule has 3 rings (SSSR count). The molecule has 0 saturated carbocycles. The van der Waals surface area contributed by atoms with E-state index in [1.807, 2.05) is 24.3 Å². The van der Waals surface area contributed by atoms with Crippen LogP contribution in [0.25, 0.3) is 22.3 Å². The Morgan fingerprint density at radius 3 is 1.96 bits per heavy atom. The molecule has 0 aliphatic carbocycles. The van der Waals surface area contributed by atoms with E-state index in [2.05, 4.69) is 6.92 Å². The average molecular weight is 354 g/mol. The van der Waals surface area contributed by atoms with Gasteiger partial charge in [-0.05, 0) is 53.8 Å². The summed E-state index contributed by atoms with van der Waals surface area (Å²) in [4.78, 5) is 0. The molecule has 0 N–H and O–H groups in total. The monoisotopic (exact) mass is 354 g/mol. The van der Waals surface area contributed by atoms with Crippen LogP contribution in [0.3, 0.4) is 0 Å². The first kappa shape index (κ1) is 18.2. The molecule has 3 aromatic rings. The van der Waals surface area contributed by atoms with Gasteiger partial charge in [0.2, 0.25) is 0 Å². The lowest BCUT2D eigenvalue weighted by Crippen LogP contribution is -1.93. The van der Waals surface area contributed by atoms with Gasteiger partial charge in [0, 0.05) is 11.1 Å². The van der Waals surface area contributed by atoms with Crippen molar-refractivity contribution in [3.05, 3.63) is 83.7 Å². The van der Waals surface area contributed by atoms with Gasteiger partial charge in [-0.25, -0.2) is 13.2 Å². The number of benzene rings is 3. The summed E-state index contributed by atoms with van der Waals surface area (Å²) >= 11 is 0. The predicted octanol–water partition coefficient (Wildman–Crippen LogP) is 7.17. The molecule has 3 aromatic carbocycles. The van der Waals surface area contributed by atoms with E-state index in [1.165, 1.54) is 42.7 Å². The Labute approximate surface area is 152 Å². The third-order valence-corrected chi connectivity index (χ3v) is 4.53. The SMILES string of the molecule is CCCCCc1ccc(-c2cc(F)c(-c3cccc(F)c3)cc2F)cc1. The summed E-state index contributed by atoms with van der Waals surface area (Å²) in [6.45, 7) is 2.16. The Morgan fingerprint density at radius 1 is 0.692 bits per heavy atom. The van der Waals surface area contributed by atoms with Crippen molar-refractivity contribution in [3.63, 3.8) is 0 Å². The molecule has 26 heavy (non-hydrogen) atoms. The second kappa shape index (κ2) is 8.22. The maximum Gasteiger partial charge on any atom is 0.131 e. The molecule has 0 nitrogen and oxygen atoms in total. The highest BCUT2D eigenvalue weighted by atomic mass is 19.1. The third-order valence-electron chi connectivity index (χ3n) is 4.53. The van der Waals surface area contributed by atoms with E-state index < -0.39 is 17.5 Å². The van der Waals surface area contributed by atoms with Crippen LogP contribution in [0.5, 0.6) is 0 Å². The summed E-state index contributed by atoms with van der Waals surface area (Å²) in [5.41, 5.74) is 2.41. The molecular formula is C23H21F3. The van der Waals surface area contributed by atoms with Gasteiger partial charge in [-0.3, -0.25) is 0 Å². The largest absolute Gasteiger partial charge is 0.207 e. The maximum atomic E-state index is 14.6. The zero-order chi connectivity index (χ0) is 18.5. The third kappa shape index (κ3) is 4.16. The van der Waals surface area contributed by atoms with Crippen molar-refractivity contribution in [2.24, 2.45) is 0 Å². The summed E-state index contributed by atoms with van der Waals surface area (Å²) in [7, 11) is 0. The fourth-order valence-corrected chi connectivity index (χ4v) is 3.08. The van der Waals surface area contributed by atoms with Gasteiger partial charge in [0.05, 0.1) is 0 Å². The molecule has 0 fully saturated rings. The summed E-state index contributed by atoms with van der Waals surface area (Å²) in [6.07, 6.45) is 4.47. The van der Waals surface area contributed by atoms with Crippen LogP contribution in [0.4, 0.5) is 13.2 Å². The van der Waals surface area contributed by atoms with E-state index in [0.717, 1.165) is 18.9 Å². The number of hydrogen-bond donors (Lipinski definition) is 0. The van der Waals surface area contributed by atoms with E-state index in [4.69, 9.17) is 0 Å². The van der Waals surface area contributed by atoms with Crippen LogP contribution >= 0.6 is 0 Å². The van der Waals surface area contributed by atoms with E-state index >= 15 is 0 Å². The summed E-state index contributed by atoms with van der Waals surface area (Å²) in [6, 6.07) is 15.4. The number of hydrogen-bond acceptors (Lipinski definition) is 0. The lowest BCUT2D eigenvalue weighted by Gasteiger charge is -2.10. The van der Waals surface area contributed by atoms with Gasteiger partial charge in [-0.2, -0.15) is 0 Å². The number of aryl methyl sites for hydroxylation is 1. The van der Waals surface area contributed by atoms with E-state index in [-0.39, 0.29) is 11.1 Å². The fourth-order valence-electron chi connectivity index (χ4n) is 3.08. The van der Waals surface area contributed by atoms with E-state index in [1.54, 1.807) is 6.07 Å². The molecule has 0 bridgehead atoms. The van der Waals surface area contributed by atoms with Crippen LogP contribution in [0.2, 0.25) is 0 Å². The zero-order valence-corrected chi connectivity index (χ0v) is 14.7. The first-order chi connectivity index (χ1) is 12.6. The minimum absolute atomic E-state index is 0.0573. The van der Waals surface area contributed by atoms with E-state index in [9.17, 15) is 13.2 Å². The first-order valence-electron chi connectivity index (χ1n) is 8.93. The second-order valence-electron chi connectivity index (χ2n) is 6.48. The minimum Gasteiger partial charge on any atom is -0.207 e. The van der Waals surface area contributed by atoms with Crippen molar-refractivity contribution in [1.82, 2.24) is 0 Å². The molecule has 0 heterocycles. The highest BCUT2D eigenvalue weighted by Gasteiger charge is 2.13. The van der Waals surface area contributed by atoms with Gasteiger partial charge in [-0.1, -0.05) is 56.2 Å². The topological polar surface area (TPSA) is 0 Å².